The highest BCUT2D eigenvalue weighted by atomic mass is 35.5. The standard InChI is InChI=1S/C16H16ClN5O3S/c1-9-6-10(2)19-16(18-9)26-8-15(23)21-20-11(3)12-4-5-13(17)14(7-12)22(24)25/h4-7H,8H2,1-3H3,(H,21,23)/b20-11+. The highest BCUT2D eigenvalue weighted by Crippen LogP contribution is 2.25. The summed E-state index contributed by atoms with van der Waals surface area (Å²) in [6.07, 6.45) is 0. The van der Waals surface area contributed by atoms with Gasteiger partial charge in [0.15, 0.2) is 5.16 Å². The van der Waals surface area contributed by atoms with Gasteiger partial charge in [-0.2, -0.15) is 5.10 Å². The van der Waals surface area contributed by atoms with Crippen molar-refractivity contribution >= 4 is 40.7 Å². The summed E-state index contributed by atoms with van der Waals surface area (Å²) in [7, 11) is 0. The van der Waals surface area contributed by atoms with Gasteiger partial charge in [-0.25, -0.2) is 15.4 Å². The maximum atomic E-state index is 11.9. The molecule has 0 aliphatic heterocycles. The molecule has 0 saturated heterocycles. The smallest absolute Gasteiger partial charge is 0.272 e. The first-order valence-electron chi connectivity index (χ1n) is 7.49. The third kappa shape index (κ3) is 5.50. The largest absolute Gasteiger partial charge is 0.288 e. The van der Waals surface area contributed by atoms with Crippen LogP contribution in [0.25, 0.3) is 0 Å². The van der Waals surface area contributed by atoms with Crippen molar-refractivity contribution in [3.63, 3.8) is 0 Å². The van der Waals surface area contributed by atoms with Crippen molar-refractivity contribution < 1.29 is 9.72 Å². The number of hydrogen-bond donors (Lipinski definition) is 1. The lowest BCUT2D eigenvalue weighted by Crippen LogP contribution is -2.21. The van der Waals surface area contributed by atoms with Gasteiger partial charge in [0.25, 0.3) is 11.6 Å². The Kier molecular flexibility index (Phi) is 6.64. The van der Waals surface area contributed by atoms with E-state index in [-0.39, 0.29) is 22.4 Å². The summed E-state index contributed by atoms with van der Waals surface area (Å²) in [4.78, 5) is 30.8. The van der Waals surface area contributed by atoms with Crippen LogP contribution in [0.15, 0.2) is 34.5 Å². The number of thioether (sulfide) groups is 1. The summed E-state index contributed by atoms with van der Waals surface area (Å²) in [5.41, 5.74) is 4.78. The van der Waals surface area contributed by atoms with E-state index in [9.17, 15) is 14.9 Å². The van der Waals surface area contributed by atoms with Crippen LogP contribution >= 0.6 is 23.4 Å². The summed E-state index contributed by atoms with van der Waals surface area (Å²) in [5.74, 6) is -0.235. The fraction of sp³-hybridized carbons (Fsp3) is 0.250. The van der Waals surface area contributed by atoms with Gasteiger partial charge in [-0.1, -0.05) is 29.4 Å². The molecule has 0 spiro atoms. The van der Waals surface area contributed by atoms with Crippen LogP contribution in [0.3, 0.4) is 0 Å². The number of carbonyl (C=O) groups is 1. The van der Waals surface area contributed by atoms with Gasteiger partial charge in [-0.15, -0.1) is 0 Å². The Balaban J connectivity index is 1.98. The van der Waals surface area contributed by atoms with Crippen LogP contribution in [-0.4, -0.2) is 32.3 Å². The van der Waals surface area contributed by atoms with Crippen molar-refractivity contribution in [3.05, 3.63) is 56.4 Å². The molecule has 1 aromatic heterocycles. The van der Waals surface area contributed by atoms with Gasteiger partial charge in [0, 0.05) is 23.0 Å². The molecular weight excluding hydrogens is 378 g/mol. The van der Waals surface area contributed by atoms with Crippen molar-refractivity contribution in [1.82, 2.24) is 15.4 Å². The average molecular weight is 394 g/mol. The van der Waals surface area contributed by atoms with E-state index in [1.807, 2.05) is 19.9 Å². The van der Waals surface area contributed by atoms with E-state index in [4.69, 9.17) is 11.6 Å². The molecule has 10 heteroatoms. The highest BCUT2D eigenvalue weighted by molar-refractivity contribution is 7.99. The Labute approximate surface area is 159 Å². The molecule has 0 radical (unpaired) electrons. The third-order valence-corrected chi connectivity index (χ3v) is 4.37. The molecule has 0 bridgehead atoms. The van der Waals surface area contributed by atoms with Crippen LogP contribution in [0.1, 0.15) is 23.9 Å². The molecule has 136 valence electrons. The van der Waals surface area contributed by atoms with E-state index in [2.05, 4.69) is 20.5 Å². The van der Waals surface area contributed by atoms with E-state index >= 15 is 0 Å². The third-order valence-electron chi connectivity index (χ3n) is 3.20. The predicted octanol–water partition coefficient (Wildman–Crippen LogP) is 3.29. The van der Waals surface area contributed by atoms with Gasteiger partial charge in [0.2, 0.25) is 0 Å². The lowest BCUT2D eigenvalue weighted by Gasteiger charge is -2.04. The number of hydrazone groups is 1. The number of benzene rings is 1. The molecule has 1 aromatic carbocycles. The molecule has 1 amide bonds. The van der Waals surface area contributed by atoms with Crippen molar-refractivity contribution in [1.29, 1.82) is 0 Å². The van der Waals surface area contributed by atoms with Crippen LogP contribution in [0, 0.1) is 24.0 Å². The number of hydrogen-bond acceptors (Lipinski definition) is 7. The molecule has 2 rings (SSSR count). The van der Waals surface area contributed by atoms with Gasteiger partial charge < -0.3 is 0 Å². The van der Waals surface area contributed by atoms with Gasteiger partial charge in [0.1, 0.15) is 5.02 Å². The van der Waals surface area contributed by atoms with E-state index in [0.29, 0.717) is 16.4 Å². The number of aryl methyl sites for hydroxylation is 2. The number of nitrogens with one attached hydrogen (secondary N) is 1. The van der Waals surface area contributed by atoms with E-state index in [0.717, 1.165) is 11.4 Å². The Morgan fingerprint density at radius 2 is 1.96 bits per heavy atom. The van der Waals surface area contributed by atoms with Gasteiger partial charge in [-0.3, -0.25) is 14.9 Å². The molecule has 2 aromatic rings. The Hall–Kier alpha value is -2.52. The van der Waals surface area contributed by atoms with Crippen molar-refractivity contribution in [3.8, 4) is 0 Å². The Bertz CT molecular complexity index is 868. The minimum atomic E-state index is -0.571. The van der Waals surface area contributed by atoms with Gasteiger partial charge >= 0.3 is 0 Å². The zero-order valence-corrected chi connectivity index (χ0v) is 15.9. The fourth-order valence-corrected chi connectivity index (χ4v) is 2.94. The molecule has 1 N–H and O–H groups in total. The van der Waals surface area contributed by atoms with Crippen LogP contribution in [0.5, 0.6) is 0 Å². The Morgan fingerprint density at radius 1 is 1.31 bits per heavy atom. The molecule has 0 atom stereocenters. The number of halogens is 1. The number of aromatic nitrogens is 2. The monoisotopic (exact) mass is 393 g/mol. The van der Waals surface area contributed by atoms with Crippen LogP contribution in [0.4, 0.5) is 5.69 Å². The molecule has 26 heavy (non-hydrogen) atoms. The highest BCUT2D eigenvalue weighted by Gasteiger charge is 2.14. The second-order valence-corrected chi connectivity index (χ2v) is 6.73. The van der Waals surface area contributed by atoms with Gasteiger partial charge in [-0.05, 0) is 32.9 Å². The quantitative estimate of drug-likeness (QED) is 0.265. The number of rotatable bonds is 6. The number of nitrogens with zero attached hydrogens (tertiary/aromatic N) is 4. The number of nitro benzene ring substituents is 1. The zero-order chi connectivity index (χ0) is 19.3. The van der Waals surface area contributed by atoms with Crippen LogP contribution < -0.4 is 5.43 Å². The van der Waals surface area contributed by atoms with Crippen molar-refractivity contribution in [2.45, 2.75) is 25.9 Å². The molecule has 0 unspecified atom stereocenters. The van der Waals surface area contributed by atoms with E-state index in [1.165, 1.54) is 23.9 Å². The minimum absolute atomic E-state index is 0.0421. The number of carbonyl (C=O) groups excluding carboxylic acids is 1. The summed E-state index contributed by atoms with van der Waals surface area (Å²) in [6, 6.07) is 6.18. The first-order chi connectivity index (χ1) is 12.3. The molecule has 0 saturated carbocycles. The maximum Gasteiger partial charge on any atom is 0.288 e. The second-order valence-electron chi connectivity index (χ2n) is 5.38. The summed E-state index contributed by atoms with van der Waals surface area (Å²) >= 11 is 6.98. The first-order valence-corrected chi connectivity index (χ1v) is 8.85. The van der Waals surface area contributed by atoms with Crippen LogP contribution in [-0.2, 0) is 4.79 Å². The summed E-state index contributed by atoms with van der Waals surface area (Å²) in [6.45, 7) is 5.35. The lowest BCUT2D eigenvalue weighted by molar-refractivity contribution is -0.384. The molecule has 8 nitrogen and oxygen atoms in total. The molecule has 0 aliphatic rings. The summed E-state index contributed by atoms with van der Waals surface area (Å²) < 4.78 is 0. The molecule has 0 fully saturated rings. The molecule has 0 aliphatic carbocycles. The first kappa shape index (κ1) is 19.8. The van der Waals surface area contributed by atoms with Crippen molar-refractivity contribution in [2.24, 2.45) is 5.10 Å². The minimum Gasteiger partial charge on any atom is -0.272 e. The van der Waals surface area contributed by atoms with E-state index < -0.39 is 4.92 Å². The molecule has 1 heterocycles. The summed E-state index contributed by atoms with van der Waals surface area (Å²) in [5, 5.41) is 15.5. The zero-order valence-electron chi connectivity index (χ0n) is 14.3. The molecular formula is C16H16ClN5O3S. The second kappa shape index (κ2) is 8.72. The maximum absolute atomic E-state index is 11.9. The van der Waals surface area contributed by atoms with Crippen molar-refractivity contribution in [2.75, 3.05) is 5.75 Å². The predicted molar refractivity (Wildman–Crippen MR) is 101 cm³/mol. The lowest BCUT2D eigenvalue weighted by atomic mass is 10.1. The topological polar surface area (TPSA) is 110 Å². The van der Waals surface area contributed by atoms with Crippen LogP contribution in [0.2, 0.25) is 5.02 Å². The number of nitro groups is 1. The number of amides is 1. The SMILES string of the molecule is C/C(=N\NC(=O)CSc1nc(C)cc(C)n1)c1ccc(Cl)c([N+](=O)[O-])c1. The normalized spacial score (nSPS) is 11.3. The fourth-order valence-electron chi connectivity index (χ4n) is 2.01. The Morgan fingerprint density at radius 3 is 2.58 bits per heavy atom. The average Bonchev–Trinajstić information content (AvgIpc) is 2.57. The van der Waals surface area contributed by atoms with E-state index in [1.54, 1.807) is 13.0 Å². The van der Waals surface area contributed by atoms with Gasteiger partial charge in [0.05, 0.1) is 16.4 Å².